The molecule has 0 saturated heterocycles. The number of rotatable bonds is 5. The number of furan rings is 1. The van der Waals surface area contributed by atoms with E-state index >= 15 is 0 Å². The normalized spacial score (nSPS) is 14.5. The minimum absolute atomic E-state index is 0.0132. The Labute approximate surface area is 176 Å². The molecule has 2 aromatic carbocycles. The Kier molecular flexibility index (Phi) is 5.16. The number of cyclic esters (lactones) is 1. The lowest BCUT2D eigenvalue weighted by atomic mass is 10.1. The van der Waals surface area contributed by atoms with Crippen LogP contribution in [-0.4, -0.2) is 24.2 Å². The summed E-state index contributed by atoms with van der Waals surface area (Å²) in [4.78, 5) is 23.3. The maximum Gasteiger partial charge on any atom is 0.343 e. The number of hydrogen-bond donors (Lipinski definition) is 1. The molecule has 0 amide bonds. The highest BCUT2D eigenvalue weighted by Crippen LogP contribution is 2.31. The van der Waals surface area contributed by atoms with E-state index in [1.807, 2.05) is 0 Å². The van der Waals surface area contributed by atoms with Crippen LogP contribution >= 0.6 is 11.6 Å². The molecule has 150 valence electrons. The van der Waals surface area contributed by atoms with Crippen LogP contribution in [0.2, 0.25) is 5.02 Å². The summed E-state index contributed by atoms with van der Waals surface area (Å²) in [6.45, 7) is 0. The first-order valence-corrected chi connectivity index (χ1v) is 9.25. The molecular formula is C23H15ClO6. The van der Waals surface area contributed by atoms with Gasteiger partial charge in [0.15, 0.2) is 0 Å². The molecule has 0 unspecified atom stereocenters. The van der Waals surface area contributed by atoms with Crippen molar-refractivity contribution >= 4 is 35.4 Å². The van der Waals surface area contributed by atoms with E-state index in [1.165, 1.54) is 12.1 Å². The number of halogens is 1. The van der Waals surface area contributed by atoms with Crippen molar-refractivity contribution in [2.45, 2.75) is 0 Å². The van der Waals surface area contributed by atoms with Crippen LogP contribution in [-0.2, 0) is 9.53 Å². The first-order chi connectivity index (χ1) is 14.4. The summed E-state index contributed by atoms with van der Waals surface area (Å²) in [6, 6.07) is 15.1. The van der Waals surface area contributed by atoms with Gasteiger partial charge in [0.2, 0.25) is 0 Å². The number of methoxy groups -OCH3 is 1. The fourth-order valence-corrected chi connectivity index (χ4v) is 3.23. The lowest BCUT2D eigenvalue weighted by Crippen LogP contribution is -1.97. The van der Waals surface area contributed by atoms with Gasteiger partial charge in [0, 0.05) is 11.1 Å². The Morgan fingerprint density at radius 1 is 1.07 bits per heavy atom. The van der Waals surface area contributed by atoms with Crippen molar-refractivity contribution in [3.63, 3.8) is 0 Å². The van der Waals surface area contributed by atoms with Crippen molar-refractivity contribution < 1.29 is 28.6 Å². The largest absolute Gasteiger partial charge is 0.497 e. The maximum atomic E-state index is 12.2. The summed E-state index contributed by atoms with van der Waals surface area (Å²) in [5, 5.41) is 9.19. The highest BCUT2D eigenvalue weighted by atomic mass is 35.5. The van der Waals surface area contributed by atoms with Gasteiger partial charge in [0.1, 0.15) is 23.0 Å². The summed E-state index contributed by atoms with van der Waals surface area (Å²) < 4.78 is 16.2. The SMILES string of the molecule is COc1ccc(C2=C/C(=C/c3ccc(-c4ccc(C(=O)O)c(Cl)c4)o3)C(=O)O2)cc1. The first-order valence-electron chi connectivity index (χ1n) is 8.87. The number of carbonyl (C=O) groups excluding carboxylic acids is 1. The molecule has 30 heavy (non-hydrogen) atoms. The van der Waals surface area contributed by atoms with Gasteiger partial charge in [-0.15, -0.1) is 0 Å². The number of ether oxygens (including phenoxy) is 2. The maximum absolute atomic E-state index is 12.2. The number of hydrogen-bond acceptors (Lipinski definition) is 5. The van der Waals surface area contributed by atoms with E-state index in [2.05, 4.69) is 0 Å². The summed E-state index contributed by atoms with van der Waals surface area (Å²) in [6.07, 6.45) is 3.22. The molecule has 7 heteroatoms. The Morgan fingerprint density at radius 2 is 1.80 bits per heavy atom. The minimum Gasteiger partial charge on any atom is -0.497 e. The van der Waals surface area contributed by atoms with Crippen LogP contribution in [0, 0.1) is 0 Å². The Bertz CT molecular complexity index is 1200. The molecule has 3 aromatic rings. The molecule has 4 rings (SSSR count). The van der Waals surface area contributed by atoms with Crippen molar-refractivity contribution in [2.75, 3.05) is 7.11 Å². The monoisotopic (exact) mass is 422 g/mol. The van der Waals surface area contributed by atoms with Gasteiger partial charge in [0.05, 0.1) is 23.3 Å². The van der Waals surface area contributed by atoms with E-state index in [1.54, 1.807) is 61.7 Å². The average molecular weight is 423 g/mol. The molecule has 6 nitrogen and oxygen atoms in total. The van der Waals surface area contributed by atoms with E-state index in [0.717, 1.165) is 5.56 Å². The smallest absolute Gasteiger partial charge is 0.343 e. The fraction of sp³-hybridized carbons (Fsp3) is 0.0435. The molecule has 0 fully saturated rings. The van der Waals surface area contributed by atoms with Gasteiger partial charge in [-0.25, -0.2) is 9.59 Å². The van der Waals surface area contributed by atoms with Gasteiger partial charge in [-0.05, 0) is 60.7 Å². The van der Waals surface area contributed by atoms with Crippen molar-refractivity contribution in [2.24, 2.45) is 0 Å². The Balaban J connectivity index is 1.59. The second kappa shape index (κ2) is 7.93. The summed E-state index contributed by atoms with van der Waals surface area (Å²) in [5.41, 5.74) is 1.74. The zero-order chi connectivity index (χ0) is 21.3. The molecule has 1 N–H and O–H groups in total. The standard InChI is InChI=1S/C23H15ClO6/c1-28-16-5-2-13(3-6-16)21-12-15(23(27)30-21)10-17-7-9-20(29-17)14-4-8-18(22(25)26)19(24)11-14/h2-12H,1H3,(H,25,26)/b15-10-. The number of aromatic carboxylic acids is 1. The molecule has 0 bridgehead atoms. The summed E-state index contributed by atoms with van der Waals surface area (Å²) >= 11 is 6.02. The first kappa shape index (κ1) is 19.5. The van der Waals surface area contributed by atoms with E-state index in [9.17, 15) is 9.59 Å². The molecule has 2 heterocycles. The second-order valence-electron chi connectivity index (χ2n) is 6.43. The molecular weight excluding hydrogens is 408 g/mol. The molecule has 0 atom stereocenters. The number of benzene rings is 2. The predicted molar refractivity (Wildman–Crippen MR) is 111 cm³/mol. The van der Waals surface area contributed by atoms with Crippen molar-refractivity contribution in [3.05, 3.63) is 88.2 Å². The van der Waals surface area contributed by atoms with Crippen molar-refractivity contribution in [3.8, 4) is 17.1 Å². The molecule has 1 aliphatic rings. The topological polar surface area (TPSA) is 86.0 Å². The zero-order valence-electron chi connectivity index (χ0n) is 15.7. The zero-order valence-corrected chi connectivity index (χ0v) is 16.5. The number of esters is 1. The third kappa shape index (κ3) is 3.86. The van der Waals surface area contributed by atoms with Crippen LogP contribution < -0.4 is 4.74 Å². The van der Waals surface area contributed by atoms with E-state index < -0.39 is 11.9 Å². The van der Waals surface area contributed by atoms with Gasteiger partial charge in [-0.2, -0.15) is 0 Å². The van der Waals surface area contributed by atoms with Gasteiger partial charge < -0.3 is 19.0 Å². The Morgan fingerprint density at radius 3 is 2.47 bits per heavy atom. The van der Waals surface area contributed by atoms with Crippen LogP contribution in [0.25, 0.3) is 23.2 Å². The summed E-state index contributed by atoms with van der Waals surface area (Å²) in [5.74, 6) is 0.507. The van der Waals surface area contributed by atoms with Gasteiger partial charge >= 0.3 is 11.9 Å². The molecule has 0 saturated carbocycles. The van der Waals surface area contributed by atoms with Gasteiger partial charge in [-0.1, -0.05) is 17.7 Å². The van der Waals surface area contributed by atoms with Crippen LogP contribution in [0.15, 0.2) is 70.7 Å². The van der Waals surface area contributed by atoms with Crippen LogP contribution in [0.5, 0.6) is 5.75 Å². The molecule has 1 aromatic heterocycles. The van der Waals surface area contributed by atoms with E-state index in [4.69, 9.17) is 30.6 Å². The lowest BCUT2D eigenvalue weighted by Gasteiger charge is -2.03. The van der Waals surface area contributed by atoms with Crippen LogP contribution in [0.3, 0.4) is 0 Å². The van der Waals surface area contributed by atoms with E-state index in [-0.39, 0.29) is 10.6 Å². The predicted octanol–water partition coefficient (Wildman–Crippen LogP) is 5.29. The minimum atomic E-state index is -1.10. The van der Waals surface area contributed by atoms with Crippen molar-refractivity contribution in [1.29, 1.82) is 0 Å². The molecule has 0 radical (unpaired) electrons. The van der Waals surface area contributed by atoms with E-state index in [0.29, 0.717) is 34.2 Å². The van der Waals surface area contributed by atoms with Gasteiger partial charge in [-0.3, -0.25) is 0 Å². The van der Waals surface area contributed by atoms with Crippen LogP contribution in [0.4, 0.5) is 0 Å². The Hall–Kier alpha value is -3.77. The molecule has 1 aliphatic heterocycles. The number of carboxylic acids is 1. The van der Waals surface area contributed by atoms with Crippen LogP contribution in [0.1, 0.15) is 21.7 Å². The molecule has 0 spiro atoms. The highest BCUT2D eigenvalue weighted by Gasteiger charge is 2.22. The third-order valence-electron chi connectivity index (χ3n) is 4.51. The number of carbonyl (C=O) groups is 2. The highest BCUT2D eigenvalue weighted by molar-refractivity contribution is 6.33. The lowest BCUT2D eigenvalue weighted by molar-refractivity contribution is -0.130. The summed E-state index contributed by atoms with van der Waals surface area (Å²) in [7, 11) is 1.58. The van der Waals surface area contributed by atoms with Crippen molar-refractivity contribution in [1.82, 2.24) is 0 Å². The average Bonchev–Trinajstić information content (AvgIpc) is 3.35. The van der Waals surface area contributed by atoms with Gasteiger partial charge in [0.25, 0.3) is 0 Å². The fourth-order valence-electron chi connectivity index (χ4n) is 2.97. The third-order valence-corrected chi connectivity index (χ3v) is 4.82. The number of carboxylic acid groups (broad SMARTS) is 1. The quantitative estimate of drug-likeness (QED) is 0.444. The molecule has 0 aliphatic carbocycles. The second-order valence-corrected chi connectivity index (χ2v) is 6.84.